The molecule has 0 aromatic carbocycles. The van der Waals surface area contributed by atoms with Gasteiger partial charge in [-0.25, -0.2) is 0 Å². The first-order chi connectivity index (χ1) is 8.40. The number of anilines is 1. The number of rotatable bonds is 5. The van der Waals surface area contributed by atoms with E-state index in [1.165, 1.54) is 18.4 Å². The highest BCUT2D eigenvalue weighted by Gasteiger charge is 2.22. The van der Waals surface area contributed by atoms with Crippen LogP contribution in [0.25, 0.3) is 0 Å². The molecule has 0 saturated heterocycles. The van der Waals surface area contributed by atoms with Gasteiger partial charge in [-0.2, -0.15) is 0 Å². The molecule has 0 atom stereocenters. The van der Waals surface area contributed by atoms with Crippen molar-refractivity contribution in [1.82, 2.24) is 15.2 Å². The zero-order valence-corrected chi connectivity index (χ0v) is 10.8. The molecule has 0 radical (unpaired) electrons. The summed E-state index contributed by atoms with van der Waals surface area (Å²) in [6, 6.07) is 4.67. The molecule has 1 aliphatic rings. The monoisotopic (exact) mass is 264 g/mol. The maximum atomic E-state index is 4.16. The number of nitrogens with one attached hydrogen (secondary N) is 1. The highest BCUT2D eigenvalue weighted by atomic mass is 32.2. The van der Waals surface area contributed by atoms with Crippen molar-refractivity contribution in [3.8, 4) is 0 Å². The predicted molar refractivity (Wildman–Crippen MR) is 70.4 cm³/mol. The molecule has 2 aromatic heterocycles. The van der Waals surface area contributed by atoms with E-state index < -0.39 is 0 Å². The number of thioether (sulfide) groups is 1. The van der Waals surface area contributed by atoms with Gasteiger partial charge in [0.2, 0.25) is 5.13 Å². The smallest absolute Gasteiger partial charge is 0.206 e. The first-order valence-electron chi connectivity index (χ1n) is 5.52. The van der Waals surface area contributed by atoms with Crippen molar-refractivity contribution in [3.63, 3.8) is 0 Å². The Morgan fingerprint density at radius 2 is 2.35 bits per heavy atom. The van der Waals surface area contributed by atoms with Crippen LogP contribution in [0, 0.1) is 0 Å². The average Bonchev–Trinajstić information content (AvgIpc) is 3.06. The summed E-state index contributed by atoms with van der Waals surface area (Å²) >= 11 is 3.34. The molecule has 2 aromatic rings. The highest BCUT2D eigenvalue weighted by Crippen LogP contribution is 2.31. The topological polar surface area (TPSA) is 50.7 Å². The first kappa shape index (κ1) is 11.0. The third-order valence-corrected chi connectivity index (χ3v) is 4.46. The molecule has 1 fully saturated rings. The van der Waals surface area contributed by atoms with Crippen LogP contribution in [0.3, 0.4) is 0 Å². The van der Waals surface area contributed by atoms with E-state index in [1.807, 2.05) is 12.3 Å². The summed E-state index contributed by atoms with van der Waals surface area (Å²) in [4.78, 5) is 4.09. The molecule has 2 heterocycles. The van der Waals surface area contributed by atoms with Crippen molar-refractivity contribution < 1.29 is 0 Å². The summed E-state index contributed by atoms with van der Waals surface area (Å²) < 4.78 is 1.01. The van der Waals surface area contributed by atoms with Crippen molar-refractivity contribution in [2.45, 2.75) is 29.0 Å². The molecule has 0 aliphatic heterocycles. The summed E-state index contributed by atoms with van der Waals surface area (Å²) in [7, 11) is 0. The van der Waals surface area contributed by atoms with Gasteiger partial charge < -0.3 is 5.32 Å². The maximum absolute atomic E-state index is 4.16. The van der Waals surface area contributed by atoms with Crippen molar-refractivity contribution >= 4 is 28.2 Å². The van der Waals surface area contributed by atoms with Crippen LogP contribution >= 0.6 is 23.1 Å². The molecule has 1 aliphatic carbocycles. The second kappa shape index (κ2) is 5.01. The molecule has 0 unspecified atom stereocenters. The van der Waals surface area contributed by atoms with Crippen LogP contribution in [0.5, 0.6) is 0 Å². The van der Waals surface area contributed by atoms with Crippen LogP contribution in [0.15, 0.2) is 28.9 Å². The Labute approximate surface area is 108 Å². The van der Waals surface area contributed by atoms with Crippen molar-refractivity contribution in [3.05, 3.63) is 30.1 Å². The molecule has 88 valence electrons. The highest BCUT2D eigenvalue weighted by molar-refractivity contribution is 8.00. The van der Waals surface area contributed by atoms with Crippen LogP contribution in [0.4, 0.5) is 5.13 Å². The van der Waals surface area contributed by atoms with Gasteiger partial charge in [-0.3, -0.25) is 4.98 Å². The van der Waals surface area contributed by atoms with Crippen molar-refractivity contribution in [1.29, 1.82) is 0 Å². The van der Waals surface area contributed by atoms with E-state index in [9.17, 15) is 0 Å². The second-order valence-electron chi connectivity index (χ2n) is 3.94. The van der Waals surface area contributed by atoms with Crippen molar-refractivity contribution in [2.24, 2.45) is 0 Å². The molecular formula is C11H12N4S2. The molecule has 3 rings (SSSR count). The van der Waals surface area contributed by atoms with Gasteiger partial charge in [0.25, 0.3) is 0 Å². The van der Waals surface area contributed by atoms with Crippen molar-refractivity contribution in [2.75, 3.05) is 5.32 Å². The Kier molecular flexibility index (Phi) is 3.24. The first-order valence-corrected chi connectivity index (χ1v) is 7.32. The van der Waals surface area contributed by atoms with Gasteiger partial charge >= 0.3 is 0 Å². The van der Waals surface area contributed by atoms with Crippen LogP contribution in [0.1, 0.15) is 18.4 Å². The Balaban J connectivity index is 1.55. The molecule has 0 spiro atoms. The van der Waals surface area contributed by atoms with Gasteiger partial charge in [0.1, 0.15) is 0 Å². The van der Waals surface area contributed by atoms with E-state index in [0.717, 1.165) is 15.2 Å². The lowest BCUT2D eigenvalue weighted by Crippen LogP contribution is -1.99. The third kappa shape index (κ3) is 3.17. The van der Waals surface area contributed by atoms with E-state index in [-0.39, 0.29) is 0 Å². The Hall–Kier alpha value is -1.14. The van der Waals surface area contributed by atoms with Crippen LogP contribution < -0.4 is 5.32 Å². The van der Waals surface area contributed by atoms with Gasteiger partial charge in [0.15, 0.2) is 4.34 Å². The second-order valence-corrected chi connectivity index (χ2v) is 6.14. The fourth-order valence-corrected chi connectivity index (χ4v) is 3.12. The molecule has 0 bridgehead atoms. The molecule has 1 N–H and O–H groups in total. The summed E-state index contributed by atoms with van der Waals surface area (Å²) in [6.07, 6.45) is 6.20. The summed E-state index contributed by atoms with van der Waals surface area (Å²) in [5, 5.41) is 12.6. The minimum absolute atomic E-state index is 0.638. The zero-order valence-electron chi connectivity index (χ0n) is 9.17. The zero-order chi connectivity index (χ0) is 11.5. The standard InChI is InChI=1S/C11H12N4S2/c1-2-8(6-12-5-1)7-16-11-15-14-10(17-11)13-9-3-4-9/h1-2,5-6,9H,3-4,7H2,(H,13,14). The fourth-order valence-electron chi connectivity index (χ4n) is 1.36. The lowest BCUT2D eigenvalue weighted by atomic mass is 10.3. The maximum Gasteiger partial charge on any atom is 0.206 e. The quantitative estimate of drug-likeness (QED) is 0.842. The Bertz CT molecular complexity index is 481. The lowest BCUT2D eigenvalue weighted by molar-refractivity contribution is 0.994. The number of nitrogens with zero attached hydrogens (tertiary/aromatic N) is 3. The lowest BCUT2D eigenvalue weighted by Gasteiger charge is -1.96. The fraction of sp³-hybridized carbons (Fsp3) is 0.364. The van der Waals surface area contributed by atoms with Crippen LogP contribution in [-0.4, -0.2) is 21.2 Å². The van der Waals surface area contributed by atoms with E-state index in [2.05, 4.69) is 26.6 Å². The average molecular weight is 264 g/mol. The van der Waals surface area contributed by atoms with Gasteiger partial charge in [-0.1, -0.05) is 29.2 Å². The normalized spacial score (nSPS) is 14.8. The molecule has 1 saturated carbocycles. The molecule has 6 heteroatoms. The van der Waals surface area contributed by atoms with Crippen LogP contribution in [0.2, 0.25) is 0 Å². The third-order valence-electron chi connectivity index (χ3n) is 2.40. The molecule has 17 heavy (non-hydrogen) atoms. The van der Waals surface area contributed by atoms with E-state index in [0.29, 0.717) is 6.04 Å². The SMILES string of the molecule is c1cncc(CSc2nnc(NC3CC3)s2)c1. The molecular weight excluding hydrogens is 252 g/mol. The number of aromatic nitrogens is 3. The van der Waals surface area contributed by atoms with E-state index in [1.54, 1.807) is 29.3 Å². The number of hydrogen-bond donors (Lipinski definition) is 1. The van der Waals surface area contributed by atoms with Crippen LogP contribution in [-0.2, 0) is 5.75 Å². The minimum atomic E-state index is 0.638. The van der Waals surface area contributed by atoms with E-state index >= 15 is 0 Å². The van der Waals surface area contributed by atoms with Gasteiger partial charge in [-0.05, 0) is 24.5 Å². The summed E-state index contributed by atoms with van der Waals surface area (Å²) in [5.41, 5.74) is 1.21. The number of pyridine rings is 1. The van der Waals surface area contributed by atoms with Gasteiger partial charge in [0.05, 0.1) is 0 Å². The van der Waals surface area contributed by atoms with Gasteiger partial charge in [-0.15, -0.1) is 10.2 Å². The Morgan fingerprint density at radius 3 is 3.12 bits per heavy atom. The van der Waals surface area contributed by atoms with E-state index in [4.69, 9.17) is 0 Å². The predicted octanol–water partition coefficient (Wildman–Crippen LogP) is 2.80. The number of hydrogen-bond acceptors (Lipinski definition) is 6. The minimum Gasteiger partial charge on any atom is -0.357 e. The molecule has 0 amide bonds. The molecule has 4 nitrogen and oxygen atoms in total. The summed E-state index contributed by atoms with van der Waals surface area (Å²) in [5.74, 6) is 0.895. The largest absolute Gasteiger partial charge is 0.357 e. The summed E-state index contributed by atoms with van der Waals surface area (Å²) in [6.45, 7) is 0. The van der Waals surface area contributed by atoms with Gasteiger partial charge in [0, 0.05) is 24.2 Å². The Morgan fingerprint density at radius 1 is 1.41 bits per heavy atom.